The van der Waals surface area contributed by atoms with Gasteiger partial charge in [0.05, 0.1) is 15.7 Å². The van der Waals surface area contributed by atoms with Gasteiger partial charge >= 0.3 is 11.7 Å². The first-order chi connectivity index (χ1) is 17.8. The van der Waals surface area contributed by atoms with Crippen LogP contribution in [0.5, 0.6) is 11.6 Å². The fraction of sp³-hybridized carbons (Fsp3) is 0.348. The van der Waals surface area contributed by atoms with Gasteiger partial charge in [-0.05, 0) is 24.0 Å². The largest absolute Gasteiger partial charge is 0.441 e. The Morgan fingerprint density at radius 2 is 1.74 bits per heavy atom. The van der Waals surface area contributed by atoms with Gasteiger partial charge in [0.15, 0.2) is 12.5 Å². The number of hydrogen-bond acceptors (Lipinski definition) is 10. The molecule has 39 heavy (non-hydrogen) atoms. The molecule has 0 unspecified atom stereocenters. The molecule has 0 bridgehead atoms. The zero-order valence-corrected chi connectivity index (χ0v) is 23.4. The summed E-state index contributed by atoms with van der Waals surface area (Å²) in [6.07, 6.45) is 0. The number of halogens is 3. The van der Waals surface area contributed by atoms with E-state index in [2.05, 4.69) is 10.2 Å². The zero-order chi connectivity index (χ0) is 28.3. The van der Waals surface area contributed by atoms with Gasteiger partial charge in [-0.15, -0.1) is 22.6 Å². The summed E-state index contributed by atoms with van der Waals surface area (Å²) in [6, 6.07) is 4.64. The lowest BCUT2D eigenvalue weighted by Gasteiger charge is -2.17. The highest BCUT2D eigenvalue weighted by molar-refractivity contribution is 6.37. The summed E-state index contributed by atoms with van der Waals surface area (Å²) >= 11 is 12.7. The number of nitriles is 1. The van der Waals surface area contributed by atoms with E-state index < -0.39 is 41.2 Å². The minimum Gasteiger partial charge on any atom is -0.441 e. The number of hydrogen-bond donors (Lipinski definition) is 2. The van der Waals surface area contributed by atoms with Crippen molar-refractivity contribution in [2.75, 3.05) is 0 Å². The van der Waals surface area contributed by atoms with E-state index in [9.17, 15) is 19.2 Å². The van der Waals surface area contributed by atoms with Crippen LogP contribution in [0.25, 0.3) is 5.69 Å². The minimum absolute atomic E-state index is 0. The van der Waals surface area contributed by atoms with Crippen LogP contribution in [-0.2, 0) is 16.3 Å². The van der Waals surface area contributed by atoms with Gasteiger partial charge in [0.25, 0.3) is 11.1 Å². The van der Waals surface area contributed by atoms with Gasteiger partial charge in [-0.25, -0.2) is 4.79 Å². The Balaban J connectivity index is 0.00000533. The molecular formula is C23H24Cl3N7O6. The van der Waals surface area contributed by atoms with Crippen molar-refractivity contribution in [2.24, 2.45) is 11.7 Å². The Kier molecular flexibility index (Phi) is 10.4. The van der Waals surface area contributed by atoms with Crippen molar-refractivity contribution in [3.63, 3.8) is 0 Å². The van der Waals surface area contributed by atoms with Gasteiger partial charge in [-0.2, -0.15) is 14.6 Å². The molecule has 0 aliphatic heterocycles. The number of rotatable bonds is 8. The zero-order valence-electron chi connectivity index (χ0n) is 21.1. The molecule has 0 saturated carbocycles. The topological polar surface area (TPSA) is 188 Å². The van der Waals surface area contributed by atoms with Crippen molar-refractivity contribution in [2.45, 2.75) is 46.4 Å². The second-order valence-electron chi connectivity index (χ2n) is 8.73. The van der Waals surface area contributed by atoms with E-state index in [4.69, 9.17) is 43.7 Å². The number of aromatic amines is 1. The summed E-state index contributed by atoms with van der Waals surface area (Å²) in [5.74, 6) is -1.26. The van der Waals surface area contributed by atoms with E-state index in [1.165, 1.54) is 18.2 Å². The molecular weight excluding hydrogens is 577 g/mol. The summed E-state index contributed by atoms with van der Waals surface area (Å²) in [4.78, 5) is 50.8. The van der Waals surface area contributed by atoms with Gasteiger partial charge in [-0.1, -0.05) is 50.9 Å². The van der Waals surface area contributed by atoms with Crippen LogP contribution in [0.4, 0.5) is 0 Å². The van der Waals surface area contributed by atoms with Crippen molar-refractivity contribution in [3.05, 3.63) is 70.7 Å². The highest BCUT2D eigenvalue weighted by atomic mass is 35.5. The number of esters is 1. The smallest absolute Gasteiger partial charge is 0.349 e. The van der Waals surface area contributed by atoms with Crippen LogP contribution in [0.3, 0.4) is 0 Å². The maximum absolute atomic E-state index is 12.9. The second-order valence-corrected chi connectivity index (χ2v) is 9.55. The Hall–Kier alpha value is -3.70. The van der Waals surface area contributed by atoms with Gasteiger partial charge in [0, 0.05) is 11.6 Å². The highest BCUT2D eigenvalue weighted by Crippen LogP contribution is 2.37. The molecule has 13 nitrogen and oxygen atoms in total. The van der Waals surface area contributed by atoms with Crippen molar-refractivity contribution in [1.82, 2.24) is 24.5 Å². The molecule has 208 valence electrons. The minimum atomic E-state index is -0.940. The summed E-state index contributed by atoms with van der Waals surface area (Å²) in [5, 5.41) is 16.7. The van der Waals surface area contributed by atoms with Crippen molar-refractivity contribution < 1.29 is 14.3 Å². The third-order valence-corrected chi connectivity index (χ3v) is 5.85. The van der Waals surface area contributed by atoms with Crippen molar-refractivity contribution in [1.29, 1.82) is 5.26 Å². The quantitative estimate of drug-likeness (QED) is 0.363. The van der Waals surface area contributed by atoms with Crippen LogP contribution in [-0.4, -0.2) is 36.6 Å². The Morgan fingerprint density at radius 3 is 2.28 bits per heavy atom. The predicted molar refractivity (Wildman–Crippen MR) is 144 cm³/mol. The van der Waals surface area contributed by atoms with Gasteiger partial charge in [0.1, 0.15) is 12.1 Å². The van der Waals surface area contributed by atoms with Gasteiger partial charge in [-0.3, -0.25) is 19.4 Å². The number of ether oxygens (including phenoxy) is 2. The van der Waals surface area contributed by atoms with E-state index in [1.54, 1.807) is 33.8 Å². The number of carbonyl (C=O) groups excluding carboxylic acids is 1. The van der Waals surface area contributed by atoms with Crippen LogP contribution in [0.15, 0.2) is 32.6 Å². The average Bonchev–Trinajstić information content (AvgIpc) is 2.85. The molecule has 0 aliphatic rings. The molecule has 0 saturated heterocycles. The monoisotopic (exact) mass is 599 g/mol. The van der Waals surface area contributed by atoms with E-state index in [0.29, 0.717) is 5.56 Å². The average molecular weight is 601 g/mol. The van der Waals surface area contributed by atoms with E-state index in [0.717, 1.165) is 9.36 Å². The SMILES string of the molecule is CC(C)c1cc(Oc2c(Cl)cc(-n3nc(C#N)c(=O)[nH]c3=O)cc2Cl)nn(COC(=O)[C@@H](N)C(C)C)c1=O.Cl. The molecule has 3 N–H and O–H groups in total. The maximum Gasteiger partial charge on any atom is 0.349 e. The van der Waals surface area contributed by atoms with Crippen molar-refractivity contribution >= 4 is 41.6 Å². The molecule has 0 aliphatic carbocycles. The third-order valence-electron chi connectivity index (χ3n) is 5.29. The summed E-state index contributed by atoms with van der Waals surface area (Å²) in [5.41, 5.74) is 3.26. The fourth-order valence-electron chi connectivity index (χ4n) is 3.10. The molecule has 3 aromatic rings. The number of carbonyl (C=O) groups is 1. The van der Waals surface area contributed by atoms with Gasteiger partial charge < -0.3 is 15.2 Å². The lowest BCUT2D eigenvalue weighted by atomic mass is 10.1. The molecule has 0 radical (unpaired) electrons. The first kappa shape index (κ1) is 31.5. The number of nitrogens with two attached hydrogens (primary N) is 1. The van der Waals surface area contributed by atoms with Gasteiger partial charge in [0.2, 0.25) is 11.6 Å². The maximum atomic E-state index is 12.9. The summed E-state index contributed by atoms with van der Waals surface area (Å²) in [6.45, 7) is 6.58. The molecule has 0 amide bonds. The van der Waals surface area contributed by atoms with Crippen LogP contribution in [0.2, 0.25) is 10.0 Å². The Bertz CT molecular complexity index is 1580. The van der Waals surface area contributed by atoms with Crippen LogP contribution in [0.1, 0.15) is 44.9 Å². The normalized spacial score (nSPS) is 11.6. The number of H-pyrrole nitrogens is 1. The number of nitrogens with zero attached hydrogens (tertiary/aromatic N) is 5. The first-order valence-corrected chi connectivity index (χ1v) is 11.9. The van der Waals surface area contributed by atoms with Crippen molar-refractivity contribution in [3.8, 4) is 23.4 Å². The molecule has 2 aromatic heterocycles. The fourth-order valence-corrected chi connectivity index (χ4v) is 3.65. The summed E-state index contributed by atoms with van der Waals surface area (Å²) < 4.78 is 12.6. The Morgan fingerprint density at radius 1 is 1.13 bits per heavy atom. The molecule has 3 rings (SSSR count). The van der Waals surface area contributed by atoms with Crippen LogP contribution < -0.4 is 27.3 Å². The number of benzene rings is 1. The first-order valence-electron chi connectivity index (χ1n) is 11.2. The molecule has 0 spiro atoms. The summed E-state index contributed by atoms with van der Waals surface area (Å²) in [7, 11) is 0. The molecule has 1 aromatic carbocycles. The van der Waals surface area contributed by atoms with E-state index in [-0.39, 0.29) is 51.6 Å². The van der Waals surface area contributed by atoms with E-state index in [1.807, 2.05) is 4.98 Å². The van der Waals surface area contributed by atoms with Crippen LogP contribution >= 0.6 is 35.6 Å². The number of aromatic nitrogens is 5. The second kappa shape index (κ2) is 12.9. The highest BCUT2D eigenvalue weighted by Gasteiger charge is 2.21. The van der Waals surface area contributed by atoms with Crippen LogP contribution in [0, 0.1) is 17.2 Å². The number of nitrogens with one attached hydrogen (secondary N) is 1. The molecule has 16 heteroatoms. The molecule has 0 fully saturated rings. The van der Waals surface area contributed by atoms with E-state index >= 15 is 0 Å². The molecule has 1 atom stereocenters. The lowest BCUT2D eigenvalue weighted by Crippen LogP contribution is -2.38. The standard InChI is InChI=1S/C23H23Cl2N7O6.ClH/c1-10(2)13-7-17(30-31(21(13)34)9-37-22(35)18(27)11(3)4)38-19-14(24)5-12(6-15(19)25)32-23(36)28-20(33)16(8-26)29-32;/h5-7,10-11,18H,9,27H2,1-4H3,(H,28,33,36);1H/t18-;/m0./s1. The predicted octanol–water partition coefficient (Wildman–Crippen LogP) is 2.48. The lowest BCUT2D eigenvalue weighted by molar-refractivity contribution is -0.150. The molecule has 2 heterocycles. The third kappa shape index (κ3) is 7.04. The Labute approximate surface area is 237 Å².